The zero-order valence-electron chi connectivity index (χ0n) is 22.5. The summed E-state index contributed by atoms with van der Waals surface area (Å²) in [5.41, 5.74) is 3.72. The quantitative estimate of drug-likeness (QED) is 0.407. The first-order valence-corrected chi connectivity index (χ1v) is 13.8. The van der Waals surface area contributed by atoms with Gasteiger partial charge in [-0.05, 0) is 66.1 Å². The largest absolute Gasteiger partial charge is 0.483 e. The minimum Gasteiger partial charge on any atom is -0.483 e. The minimum absolute atomic E-state index is 0.00865. The Kier molecular flexibility index (Phi) is 7.15. The van der Waals surface area contributed by atoms with Crippen molar-refractivity contribution in [3.05, 3.63) is 80.6 Å². The molecule has 1 aliphatic heterocycles. The lowest BCUT2D eigenvalue weighted by molar-refractivity contribution is -0.120. The molecule has 0 saturated heterocycles. The lowest BCUT2D eigenvalue weighted by Gasteiger charge is -2.44. The molecule has 2 aromatic carbocycles. The van der Waals surface area contributed by atoms with Crippen LogP contribution in [0.15, 0.2) is 65.0 Å². The number of hydrogen-bond donors (Lipinski definition) is 2. The van der Waals surface area contributed by atoms with Crippen LogP contribution in [0.1, 0.15) is 64.9 Å². The van der Waals surface area contributed by atoms with Gasteiger partial charge in [-0.15, -0.1) is 0 Å². The van der Waals surface area contributed by atoms with E-state index in [1.54, 1.807) is 42.5 Å². The number of hydrogen-bond acceptors (Lipinski definition) is 5. The molecule has 2 N–H and O–H groups in total. The number of ether oxygens (including phenoxy) is 1. The van der Waals surface area contributed by atoms with E-state index in [0.29, 0.717) is 63.9 Å². The van der Waals surface area contributed by atoms with Crippen LogP contribution in [0.4, 0.5) is 5.69 Å². The van der Waals surface area contributed by atoms with Crippen molar-refractivity contribution in [3.63, 3.8) is 0 Å². The maximum Gasteiger partial charge on any atom is 0.262 e. The highest BCUT2D eigenvalue weighted by molar-refractivity contribution is 6.31. The average Bonchev–Trinajstić information content (AvgIpc) is 2.82. The maximum absolute atomic E-state index is 13.6. The molecule has 0 spiro atoms. The number of nitrogens with one attached hydrogen (secondary N) is 2. The molecule has 2 aliphatic carbocycles. The summed E-state index contributed by atoms with van der Waals surface area (Å²) in [6.07, 6.45) is 2.14. The normalized spacial score (nSPS) is 20.3. The van der Waals surface area contributed by atoms with Gasteiger partial charge in [-0.2, -0.15) is 0 Å². The molecule has 2 aromatic rings. The molecule has 0 fully saturated rings. The van der Waals surface area contributed by atoms with Gasteiger partial charge in [-0.1, -0.05) is 50.9 Å². The van der Waals surface area contributed by atoms with Gasteiger partial charge >= 0.3 is 0 Å². The fourth-order valence-electron chi connectivity index (χ4n) is 5.95. The molecule has 0 radical (unpaired) electrons. The first-order chi connectivity index (χ1) is 18.3. The van der Waals surface area contributed by atoms with E-state index in [1.165, 1.54) is 0 Å². The molecule has 0 unspecified atom stereocenters. The Balaban J connectivity index is 1.53. The highest BCUT2D eigenvalue weighted by Gasteiger charge is 2.47. The summed E-state index contributed by atoms with van der Waals surface area (Å²) in [5, 5.41) is 7.33. The summed E-state index contributed by atoms with van der Waals surface area (Å²) in [6, 6.07) is 11.9. The van der Waals surface area contributed by atoms with Gasteiger partial charge < -0.3 is 15.4 Å². The highest BCUT2D eigenvalue weighted by Crippen LogP contribution is 2.52. The fraction of sp³-hybridized carbons (Fsp3) is 0.387. The van der Waals surface area contributed by atoms with Gasteiger partial charge in [-0.25, -0.2) is 0 Å². The Labute approximate surface area is 238 Å². The number of halogens is 2. The molecule has 204 valence electrons. The Morgan fingerprint density at radius 1 is 0.872 bits per heavy atom. The van der Waals surface area contributed by atoms with E-state index in [9.17, 15) is 14.4 Å². The monoisotopic (exact) mass is 566 g/mol. The molecule has 0 atom stereocenters. The minimum atomic E-state index is -0.614. The van der Waals surface area contributed by atoms with Crippen molar-refractivity contribution in [2.45, 2.75) is 59.3 Å². The van der Waals surface area contributed by atoms with E-state index >= 15 is 0 Å². The van der Waals surface area contributed by atoms with Crippen LogP contribution in [0, 0.1) is 10.8 Å². The van der Waals surface area contributed by atoms with E-state index in [-0.39, 0.29) is 34.9 Å². The van der Waals surface area contributed by atoms with Crippen LogP contribution in [0.5, 0.6) is 5.75 Å². The SMILES string of the molecule is CC1(C)CC(=O)C2=C(C1)NC1=C(C(=O)CC(C)(C)C1)C2c1cc(Cl)ccc1OCC(=O)Nc1ccc(Cl)cc1. The number of anilines is 1. The van der Waals surface area contributed by atoms with Crippen molar-refractivity contribution in [3.8, 4) is 5.75 Å². The van der Waals surface area contributed by atoms with Crippen LogP contribution in [-0.2, 0) is 14.4 Å². The number of rotatable bonds is 5. The number of Topliss-reactive ketones (excluding diaryl/α,β-unsaturated/α-hetero) is 2. The molecular weight excluding hydrogens is 535 g/mol. The van der Waals surface area contributed by atoms with Crippen LogP contribution in [0.2, 0.25) is 10.0 Å². The second kappa shape index (κ2) is 10.1. The molecular formula is C31H32Cl2N2O4. The van der Waals surface area contributed by atoms with Crippen LogP contribution < -0.4 is 15.4 Å². The van der Waals surface area contributed by atoms with Crippen LogP contribution in [-0.4, -0.2) is 24.1 Å². The van der Waals surface area contributed by atoms with Gasteiger partial charge in [0.25, 0.3) is 5.91 Å². The van der Waals surface area contributed by atoms with Gasteiger partial charge in [0.15, 0.2) is 18.2 Å². The molecule has 8 heteroatoms. The first kappa shape index (κ1) is 27.5. The number of carbonyl (C=O) groups excluding carboxylic acids is 3. The number of allylic oxidation sites excluding steroid dienone is 4. The molecule has 0 aromatic heterocycles. The summed E-state index contributed by atoms with van der Waals surface area (Å²) >= 11 is 12.4. The highest BCUT2D eigenvalue weighted by atomic mass is 35.5. The van der Waals surface area contributed by atoms with Gasteiger partial charge in [0.1, 0.15) is 5.75 Å². The van der Waals surface area contributed by atoms with Crippen molar-refractivity contribution in [2.75, 3.05) is 11.9 Å². The molecule has 3 aliphatic rings. The predicted molar refractivity (Wildman–Crippen MR) is 153 cm³/mol. The molecule has 1 heterocycles. The van der Waals surface area contributed by atoms with E-state index < -0.39 is 5.92 Å². The van der Waals surface area contributed by atoms with E-state index in [2.05, 4.69) is 38.3 Å². The van der Waals surface area contributed by atoms with Gasteiger partial charge in [-0.3, -0.25) is 14.4 Å². The standard InChI is InChI=1S/C31H32Cl2N2O4/c1-30(2)12-21-28(23(36)14-30)27(29-22(35-21)13-31(3,4)15-24(29)37)20-11-18(33)7-10-25(20)39-16-26(38)34-19-8-5-17(32)6-9-19/h5-11,27,35H,12-16H2,1-4H3,(H,34,38). The second-order valence-electron chi connectivity index (χ2n) is 12.3. The summed E-state index contributed by atoms with van der Waals surface area (Å²) in [5.74, 6) is -0.541. The molecule has 1 amide bonds. The Morgan fingerprint density at radius 3 is 1.97 bits per heavy atom. The summed E-state index contributed by atoms with van der Waals surface area (Å²) in [7, 11) is 0. The topological polar surface area (TPSA) is 84.5 Å². The zero-order chi connectivity index (χ0) is 28.1. The third kappa shape index (κ3) is 5.78. The Morgan fingerprint density at radius 2 is 1.41 bits per heavy atom. The molecule has 5 rings (SSSR count). The summed E-state index contributed by atoms with van der Waals surface area (Å²) in [4.78, 5) is 40.0. The lowest BCUT2D eigenvalue weighted by Crippen LogP contribution is -2.42. The number of carbonyl (C=O) groups is 3. The number of amides is 1. The van der Waals surface area contributed by atoms with Crippen molar-refractivity contribution in [1.29, 1.82) is 0 Å². The average molecular weight is 568 g/mol. The lowest BCUT2D eigenvalue weighted by atomic mass is 9.64. The van der Waals surface area contributed by atoms with Crippen LogP contribution in [0.25, 0.3) is 0 Å². The van der Waals surface area contributed by atoms with E-state index in [4.69, 9.17) is 27.9 Å². The zero-order valence-corrected chi connectivity index (χ0v) is 24.1. The molecule has 39 heavy (non-hydrogen) atoms. The van der Waals surface area contributed by atoms with Crippen LogP contribution >= 0.6 is 23.2 Å². The number of ketones is 2. The van der Waals surface area contributed by atoms with Gasteiger partial charge in [0.05, 0.1) is 0 Å². The third-order valence-electron chi connectivity index (χ3n) is 7.49. The van der Waals surface area contributed by atoms with Crippen molar-refractivity contribution in [1.82, 2.24) is 5.32 Å². The third-order valence-corrected chi connectivity index (χ3v) is 7.98. The van der Waals surface area contributed by atoms with Crippen LogP contribution in [0.3, 0.4) is 0 Å². The predicted octanol–water partition coefficient (Wildman–Crippen LogP) is 6.98. The van der Waals surface area contributed by atoms with Crippen molar-refractivity contribution >= 4 is 46.4 Å². The summed E-state index contributed by atoms with van der Waals surface area (Å²) in [6.45, 7) is 8.07. The maximum atomic E-state index is 13.6. The van der Waals surface area contributed by atoms with Crippen molar-refractivity contribution < 1.29 is 19.1 Å². The Hall–Kier alpha value is -3.09. The van der Waals surface area contributed by atoms with Gasteiger partial charge in [0.2, 0.25) is 0 Å². The number of benzene rings is 2. The van der Waals surface area contributed by atoms with E-state index in [1.807, 2.05) is 0 Å². The smallest absolute Gasteiger partial charge is 0.262 e. The van der Waals surface area contributed by atoms with Gasteiger partial charge in [0, 0.05) is 62.6 Å². The Bertz CT molecular complexity index is 1380. The first-order valence-electron chi connectivity index (χ1n) is 13.1. The molecule has 0 saturated carbocycles. The van der Waals surface area contributed by atoms with E-state index in [0.717, 1.165) is 11.4 Å². The number of dihydropyridines is 1. The molecule has 0 bridgehead atoms. The fourth-order valence-corrected chi connectivity index (χ4v) is 6.26. The van der Waals surface area contributed by atoms with Crippen molar-refractivity contribution in [2.24, 2.45) is 10.8 Å². The summed E-state index contributed by atoms with van der Waals surface area (Å²) < 4.78 is 6.03. The molecule has 6 nitrogen and oxygen atoms in total. The second-order valence-corrected chi connectivity index (χ2v) is 13.1.